The van der Waals surface area contributed by atoms with E-state index < -0.39 is 5.97 Å². The van der Waals surface area contributed by atoms with Crippen molar-refractivity contribution in [1.82, 2.24) is 10.6 Å². The fourth-order valence-electron chi connectivity index (χ4n) is 2.40. The lowest BCUT2D eigenvalue weighted by atomic mass is 9.93. The molecule has 0 bridgehead atoms. The number of hydrogen-bond donors (Lipinski definition) is 4. The third kappa shape index (κ3) is 7.33. The molecule has 1 rings (SSSR count). The number of aliphatic hydroxyl groups is 1. The van der Waals surface area contributed by atoms with Crippen LogP contribution in [0.25, 0.3) is 0 Å². The molecule has 0 aromatic heterocycles. The summed E-state index contributed by atoms with van der Waals surface area (Å²) in [4.78, 5) is 22.1. The topological polar surface area (TPSA) is 98.7 Å². The summed E-state index contributed by atoms with van der Waals surface area (Å²) in [5.74, 6) is -0.488. The Labute approximate surface area is 119 Å². The van der Waals surface area contributed by atoms with Gasteiger partial charge in [-0.25, -0.2) is 4.79 Å². The maximum absolute atomic E-state index is 11.7. The van der Waals surface area contributed by atoms with Crippen molar-refractivity contribution in [2.24, 2.45) is 5.92 Å². The van der Waals surface area contributed by atoms with Gasteiger partial charge in [-0.15, -0.1) is 0 Å². The van der Waals surface area contributed by atoms with Gasteiger partial charge in [-0.05, 0) is 44.4 Å². The van der Waals surface area contributed by atoms with Gasteiger partial charge in [-0.1, -0.05) is 6.92 Å². The van der Waals surface area contributed by atoms with E-state index >= 15 is 0 Å². The minimum Gasteiger partial charge on any atom is -0.481 e. The Balaban J connectivity index is 2.06. The zero-order valence-corrected chi connectivity index (χ0v) is 12.1. The van der Waals surface area contributed by atoms with Crippen molar-refractivity contribution in [2.45, 2.75) is 64.0 Å². The van der Waals surface area contributed by atoms with Gasteiger partial charge < -0.3 is 20.8 Å². The molecular formula is C14H26N2O4. The summed E-state index contributed by atoms with van der Waals surface area (Å²) in [6.07, 6.45) is 4.52. The summed E-state index contributed by atoms with van der Waals surface area (Å²) in [5, 5.41) is 23.7. The summed E-state index contributed by atoms with van der Waals surface area (Å²) in [6, 6.07) is -0.0142. The van der Waals surface area contributed by atoms with E-state index in [1.807, 2.05) is 6.92 Å². The van der Waals surface area contributed by atoms with E-state index in [9.17, 15) is 14.7 Å². The van der Waals surface area contributed by atoms with E-state index in [4.69, 9.17) is 5.11 Å². The predicted molar refractivity (Wildman–Crippen MR) is 75.4 cm³/mol. The van der Waals surface area contributed by atoms with Gasteiger partial charge in [-0.3, -0.25) is 4.79 Å². The first-order valence-electron chi connectivity index (χ1n) is 7.41. The molecule has 0 aromatic rings. The molecule has 116 valence electrons. The van der Waals surface area contributed by atoms with E-state index in [0.717, 1.165) is 32.1 Å². The summed E-state index contributed by atoms with van der Waals surface area (Å²) < 4.78 is 0. The Hall–Kier alpha value is -1.30. The molecule has 1 aliphatic rings. The first kappa shape index (κ1) is 16.8. The zero-order valence-electron chi connectivity index (χ0n) is 12.1. The molecule has 1 atom stereocenters. The Bertz CT molecular complexity index is 314. The highest BCUT2D eigenvalue weighted by molar-refractivity contribution is 5.74. The van der Waals surface area contributed by atoms with Gasteiger partial charge in [-0.2, -0.15) is 0 Å². The molecule has 0 spiro atoms. The van der Waals surface area contributed by atoms with Crippen molar-refractivity contribution in [3.63, 3.8) is 0 Å². The molecule has 0 heterocycles. The largest absolute Gasteiger partial charge is 0.481 e. The normalized spacial score (nSPS) is 23.9. The molecule has 1 fully saturated rings. The van der Waals surface area contributed by atoms with E-state index in [-0.39, 0.29) is 30.5 Å². The molecule has 2 amide bonds. The third-order valence-corrected chi connectivity index (χ3v) is 3.81. The van der Waals surface area contributed by atoms with Gasteiger partial charge >= 0.3 is 12.0 Å². The SMILES string of the molecule is CC(CCNC(=O)NC1CCC(O)CC1)CCC(=O)O. The van der Waals surface area contributed by atoms with Crippen LogP contribution in [0, 0.1) is 5.92 Å². The van der Waals surface area contributed by atoms with Gasteiger partial charge in [0.25, 0.3) is 0 Å². The number of urea groups is 1. The van der Waals surface area contributed by atoms with Crippen LogP contribution in [0.5, 0.6) is 0 Å². The van der Waals surface area contributed by atoms with E-state index in [1.54, 1.807) is 0 Å². The summed E-state index contributed by atoms with van der Waals surface area (Å²) in [5.41, 5.74) is 0. The second-order valence-corrected chi connectivity index (χ2v) is 5.73. The van der Waals surface area contributed by atoms with Crippen LogP contribution in [-0.4, -0.2) is 40.9 Å². The van der Waals surface area contributed by atoms with Crippen LogP contribution in [0.3, 0.4) is 0 Å². The standard InChI is InChI=1S/C14H26N2O4/c1-10(2-7-13(18)19)8-9-15-14(20)16-11-3-5-12(17)6-4-11/h10-12,17H,2-9H2,1H3,(H,18,19)(H2,15,16,20). The van der Waals surface area contributed by atoms with Crippen LogP contribution >= 0.6 is 0 Å². The summed E-state index contributed by atoms with van der Waals surface area (Å²) in [7, 11) is 0. The summed E-state index contributed by atoms with van der Waals surface area (Å²) >= 11 is 0. The van der Waals surface area contributed by atoms with Crippen LogP contribution in [0.2, 0.25) is 0 Å². The molecule has 6 heteroatoms. The van der Waals surface area contributed by atoms with Gasteiger partial charge in [0.05, 0.1) is 6.10 Å². The monoisotopic (exact) mass is 286 g/mol. The first-order chi connectivity index (χ1) is 9.47. The Morgan fingerprint density at radius 1 is 1.20 bits per heavy atom. The number of rotatable bonds is 7. The van der Waals surface area contributed by atoms with Crippen molar-refractivity contribution in [1.29, 1.82) is 0 Å². The van der Waals surface area contributed by atoms with Crippen molar-refractivity contribution in [3.8, 4) is 0 Å². The van der Waals surface area contributed by atoms with E-state index in [0.29, 0.717) is 13.0 Å². The molecule has 0 radical (unpaired) electrons. The highest BCUT2D eigenvalue weighted by Crippen LogP contribution is 2.18. The third-order valence-electron chi connectivity index (χ3n) is 3.81. The lowest BCUT2D eigenvalue weighted by Crippen LogP contribution is -2.44. The fourth-order valence-corrected chi connectivity index (χ4v) is 2.40. The summed E-state index contributed by atoms with van der Waals surface area (Å²) in [6.45, 7) is 2.55. The molecule has 6 nitrogen and oxygen atoms in total. The molecular weight excluding hydrogens is 260 g/mol. The highest BCUT2D eigenvalue weighted by atomic mass is 16.4. The average molecular weight is 286 g/mol. The number of carbonyl (C=O) groups excluding carboxylic acids is 1. The zero-order chi connectivity index (χ0) is 15.0. The predicted octanol–water partition coefficient (Wildman–Crippen LogP) is 1.48. The molecule has 0 saturated heterocycles. The van der Waals surface area contributed by atoms with Crippen molar-refractivity contribution in [3.05, 3.63) is 0 Å². The second-order valence-electron chi connectivity index (χ2n) is 5.73. The quantitative estimate of drug-likeness (QED) is 0.569. The van der Waals surface area contributed by atoms with Crippen molar-refractivity contribution >= 4 is 12.0 Å². The minimum absolute atomic E-state index is 0.155. The van der Waals surface area contributed by atoms with E-state index in [1.165, 1.54) is 0 Å². The van der Waals surface area contributed by atoms with Crippen LogP contribution < -0.4 is 10.6 Å². The maximum atomic E-state index is 11.7. The molecule has 4 N–H and O–H groups in total. The number of aliphatic hydroxyl groups excluding tert-OH is 1. The fraction of sp³-hybridized carbons (Fsp3) is 0.857. The van der Waals surface area contributed by atoms with Gasteiger partial charge in [0.1, 0.15) is 0 Å². The number of nitrogens with one attached hydrogen (secondary N) is 2. The number of carbonyl (C=O) groups is 2. The van der Waals surface area contributed by atoms with Crippen LogP contribution in [0.15, 0.2) is 0 Å². The second kappa shape index (κ2) is 8.79. The van der Waals surface area contributed by atoms with Gasteiger partial charge in [0.15, 0.2) is 0 Å². The maximum Gasteiger partial charge on any atom is 0.315 e. The van der Waals surface area contributed by atoms with Crippen LogP contribution in [0.1, 0.15) is 51.9 Å². The molecule has 1 aliphatic carbocycles. The average Bonchev–Trinajstić information content (AvgIpc) is 2.39. The van der Waals surface area contributed by atoms with E-state index in [2.05, 4.69) is 10.6 Å². The molecule has 0 aliphatic heterocycles. The number of carboxylic acid groups (broad SMARTS) is 1. The highest BCUT2D eigenvalue weighted by Gasteiger charge is 2.20. The van der Waals surface area contributed by atoms with Gasteiger partial charge in [0, 0.05) is 19.0 Å². The number of amides is 2. The Morgan fingerprint density at radius 2 is 1.85 bits per heavy atom. The lowest BCUT2D eigenvalue weighted by Gasteiger charge is -2.26. The molecule has 1 saturated carbocycles. The Kier molecular flexibility index (Phi) is 7.36. The first-order valence-corrected chi connectivity index (χ1v) is 7.41. The Morgan fingerprint density at radius 3 is 2.45 bits per heavy atom. The molecule has 0 aromatic carbocycles. The van der Waals surface area contributed by atoms with Crippen LogP contribution in [-0.2, 0) is 4.79 Å². The van der Waals surface area contributed by atoms with Crippen molar-refractivity contribution in [2.75, 3.05) is 6.54 Å². The lowest BCUT2D eigenvalue weighted by molar-refractivity contribution is -0.137. The minimum atomic E-state index is -0.776. The number of aliphatic carboxylic acids is 1. The molecule has 1 unspecified atom stereocenters. The van der Waals surface area contributed by atoms with Crippen LogP contribution in [0.4, 0.5) is 4.79 Å². The number of hydrogen-bond acceptors (Lipinski definition) is 3. The smallest absolute Gasteiger partial charge is 0.315 e. The van der Waals surface area contributed by atoms with Crippen molar-refractivity contribution < 1.29 is 19.8 Å². The van der Waals surface area contributed by atoms with Gasteiger partial charge in [0.2, 0.25) is 0 Å². The molecule has 20 heavy (non-hydrogen) atoms. The number of carboxylic acids is 1.